The van der Waals surface area contributed by atoms with Crippen molar-refractivity contribution in [3.63, 3.8) is 0 Å². The molecule has 0 bridgehead atoms. The van der Waals surface area contributed by atoms with Crippen LogP contribution in [0.5, 0.6) is 0 Å². The van der Waals surface area contributed by atoms with Crippen molar-refractivity contribution in [3.8, 4) is 0 Å². The SMILES string of the molecule is O=C(O)c1ccncc1NCC1CCCC1. The number of hydrogen-bond acceptors (Lipinski definition) is 3. The van der Waals surface area contributed by atoms with E-state index in [0.29, 0.717) is 17.2 Å². The number of hydrogen-bond donors (Lipinski definition) is 2. The minimum Gasteiger partial charge on any atom is -0.478 e. The van der Waals surface area contributed by atoms with Gasteiger partial charge in [0, 0.05) is 12.7 Å². The summed E-state index contributed by atoms with van der Waals surface area (Å²) >= 11 is 0. The molecule has 0 spiro atoms. The fraction of sp³-hybridized carbons (Fsp3) is 0.500. The normalized spacial score (nSPS) is 16.2. The summed E-state index contributed by atoms with van der Waals surface area (Å²) in [7, 11) is 0. The molecule has 86 valence electrons. The molecule has 16 heavy (non-hydrogen) atoms. The Morgan fingerprint density at radius 1 is 1.50 bits per heavy atom. The number of nitrogens with zero attached hydrogens (tertiary/aromatic N) is 1. The maximum atomic E-state index is 11.0. The van der Waals surface area contributed by atoms with Crippen molar-refractivity contribution in [2.75, 3.05) is 11.9 Å². The van der Waals surface area contributed by atoms with Crippen LogP contribution in [0.3, 0.4) is 0 Å². The molecule has 0 amide bonds. The van der Waals surface area contributed by atoms with Gasteiger partial charge >= 0.3 is 5.97 Å². The van der Waals surface area contributed by atoms with Crippen LogP contribution in [0.1, 0.15) is 36.0 Å². The predicted octanol–water partition coefficient (Wildman–Crippen LogP) is 2.38. The fourth-order valence-electron chi connectivity index (χ4n) is 2.19. The Kier molecular flexibility index (Phi) is 3.39. The molecule has 0 aliphatic heterocycles. The van der Waals surface area contributed by atoms with Gasteiger partial charge in [-0.1, -0.05) is 12.8 Å². The van der Waals surface area contributed by atoms with Crippen LogP contribution in [0.25, 0.3) is 0 Å². The zero-order valence-electron chi connectivity index (χ0n) is 9.15. The lowest BCUT2D eigenvalue weighted by atomic mass is 10.1. The molecule has 0 unspecified atom stereocenters. The van der Waals surface area contributed by atoms with Gasteiger partial charge in [-0.15, -0.1) is 0 Å². The number of aromatic nitrogens is 1. The van der Waals surface area contributed by atoms with Gasteiger partial charge in [-0.3, -0.25) is 4.98 Å². The van der Waals surface area contributed by atoms with E-state index in [4.69, 9.17) is 5.11 Å². The largest absolute Gasteiger partial charge is 0.478 e. The first kappa shape index (κ1) is 10.9. The van der Waals surface area contributed by atoms with Gasteiger partial charge in [-0.2, -0.15) is 0 Å². The molecule has 1 saturated carbocycles. The van der Waals surface area contributed by atoms with Crippen molar-refractivity contribution >= 4 is 11.7 Å². The minimum absolute atomic E-state index is 0.299. The molecule has 4 heteroatoms. The van der Waals surface area contributed by atoms with Crippen LogP contribution in [0, 0.1) is 5.92 Å². The van der Waals surface area contributed by atoms with E-state index in [1.165, 1.54) is 37.9 Å². The average molecular weight is 220 g/mol. The van der Waals surface area contributed by atoms with Crippen LogP contribution in [0.4, 0.5) is 5.69 Å². The molecule has 1 heterocycles. The van der Waals surface area contributed by atoms with Gasteiger partial charge in [0.25, 0.3) is 0 Å². The minimum atomic E-state index is -0.906. The van der Waals surface area contributed by atoms with Crippen LogP contribution in [-0.4, -0.2) is 22.6 Å². The summed E-state index contributed by atoms with van der Waals surface area (Å²) in [5, 5.41) is 12.2. The van der Waals surface area contributed by atoms with E-state index in [9.17, 15) is 4.79 Å². The Labute approximate surface area is 94.7 Å². The quantitative estimate of drug-likeness (QED) is 0.817. The molecule has 0 aromatic carbocycles. The molecule has 2 N–H and O–H groups in total. The van der Waals surface area contributed by atoms with Gasteiger partial charge < -0.3 is 10.4 Å². The van der Waals surface area contributed by atoms with E-state index < -0.39 is 5.97 Å². The fourth-order valence-corrected chi connectivity index (χ4v) is 2.19. The van der Waals surface area contributed by atoms with Crippen LogP contribution >= 0.6 is 0 Å². The second-order valence-corrected chi connectivity index (χ2v) is 4.26. The molecular formula is C12H16N2O2. The highest BCUT2D eigenvalue weighted by atomic mass is 16.4. The van der Waals surface area contributed by atoms with Gasteiger partial charge in [0.15, 0.2) is 0 Å². The number of anilines is 1. The third kappa shape index (κ3) is 2.51. The highest BCUT2D eigenvalue weighted by molar-refractivity contribution is 5.93. The molecule has 1 aliphatic rings. The molecular weight excluding hydrogens is 204 g/mol. The van der Waals surface area contributed by atoms with Gasteiger partial charge in [0.1, 0.15) is 0 Å². The first-order chi connectivity index (χ1) is 7.77. The topological polar surface area (TPSA) is 62.2 Å². The zero-order chi connectivity index (χ0) is 11.4. The highest BCUT2D eigenvalue weighted by Gasteiger charge is 2.16. The van der Waals surface area contributed by atoms with E-state index in [0.717, 1.165) is 6.54 Å². The van der Waals surface area contributed by atoms with E-state index in [1.54, 1.807) is 6.20 Å². The van der Waals surface area contributed by atoms with E-state index in [2.05, 4.69) is 10.3 Å². The number of carboxylic acid groups (broad SMARTS) is 1. The number of pyridine rings is 1. The number of nitrogens with one attached hydrogen (secondary N) is 1. The van der Waals surface area contributed by atoms with Crippen molar-refractivity contribution in [3.05, 3.63) is 24.0 Å². The van der Waals surface area contributed by atoms with Crippen molar-refractivity contribution in [2.45, 2.75) is 25.7 Å². The van der Waals surface area contributed by atoms with Crippen molar-refractivity contribution in [1.29, 1.82) is 0 Å². The summed E-state index contributed by atoms with van der Waals surface area (Å²) in [5.74, 6) is -0.224. The smallest absolute Gasteiger partial charge is 0.337 e. The first-order valence-corrected chi connectivity index (χ1v) is 5.68. The summed E-state index contributed by atoms with van der Waals surface area (Å²) < 4.78 is 0. The summed E-state index contributed by atoms with van der Waals surface area (Å²) in [6, 6.07) is 1.53. The maximum absolute atomic E-state index is 11.0. The second-order valence-electron chi connectivity index (χ2n) is 4.26. The molecule has 1 aliphatic carbocycles. The Balaban J connectivity index is 2.00. The lowest BCUT2D eigenvalue weighted by Gasteiger charge is -2.12. The lowest BCUT2D eigenvalue weighted by molar-refractivity contribution is 0.0698. The summed E-state index contributed by atoms with van der Waals surface area (Å²) in [4.78, 5) is 14.9. The molecule has 0 atom stereocenters. The van der Waals surface area contributed by atoms with Gasteiger partial charge in [0.2, 0.25) is 0 Å². The molecule has 1 aromatic heterocycles. The molecule has 1 fully saturated rings. The van der Waals surface area contributed by atoms with E-state index >= 15 is 0 Å². The lowest BCUT2D eigenvalue weighted by Crippen LogP contribution is -2.13. The predicted molar refractivity (Wildman–Crippen MR) is 61.6 cm³/mol. The van der Waals surface area contributed by atoms with Crippen LogP contribution in [0.2, 0.25) is 0 Å². The zero-order valence-corrected chi connectivity index (χ0v) is 9.15. The number of aromatic carboxylic acids is 1. The second kappa shape index (κ2) is 4.96. The molecule has 0 radical (unpaired) electrons. The summed E-state index contributed by atoms with van der Waals surface area (Å²) in [6.07, 6.45) is 8.17. The number of carbonyl (C=O) groups is 1. The number of carboxylic acids is 1. The first-order valence-electron chi connectivity index (χ1n) is 5.68. The van der Waals surface area contributed by atoms with E-state index in [-0.39, 0.29) is 0 Å². The summed E-state index contributed by atoms with van der Waals surface area (Å²) in [6.45, 7) is 0.853. The van der Waals surface area contributed by atoms with Crippen LogP contribution in [-0.2, 0) is 0 Å². The van der Waals surface area contributed by atoms with E-state index in [1.807, 2.05) is 0 Å². The Morgan fingerprint density at radius 3 is 2.94 bits per heavy atom. The molecule has 2 rings (SSSR count). The van der Waals surface area contributed by atoms with Crippen LogP contribution in [0.15, 0.2) is 18.5 Å². The Morgan fingerprint density at radius 2 is 2.25 bits per heavy atom. The molecule has 0 saturated heterocycles. The van der Waals surface area contributed by atoms with Crippen molar-refractivity contribution in [1.82, 2.24) is 4.98 Å². The van der Waals surface area contributed by atoms with Gasteiger partial charge in [-0.25, -0.2) is 4.79 Å². The van der Waals surface area contributed by atoms with Crippen LogP contribution < -0.4 is 5.32 Å². The average Bonchev–Trinajstić information content (AvgIpc) is 2.79. The summed E-state index contributed by atoms with van der Waals surface area (Å²) in [5.41, 5.74) is 0.926. The Hall–Kier alpha value is -1.58. The number of rotatable bonds is 4. The third-order valence-electron chi connectivity index (χ3n) is 3.11. The van der Waals surface area contributed by atoms with Crippen molar-refractivity contribution < 1.29 is 9.90 Å². The Bertz CT molecular complexity index is 373. The molecule has 1 aromatic rings. The third-order valence-corrected chi connectivity index (χ3v) is 3.11. The monoisotopic (exact) mass is 220 g/mol. The van der Waals surface area contributed by atoms with Gasteiger partial charge in [0.05, 0.1) is 17.4 Å². The highest BCUT2D eigenvalue weighted by Crippen LogP contribution is 2.25. The van der Waals surface area contributed by atoms with Gasteiger partial charge in [-0.05, 0) is 24.8 Å². The molecule has 4 nitrogen and oxygen atoms in total. The maximum Gasteiger partial charge on any atom is 0.337 e. The van der Waals surface area contributed by atoms with Crippen molar-refractivity contribution in [2.24, 2.45) is 5.92 Å². The standard InChI is InChI=1S/C12H16N2O2/c15-12(16)10-5-6-13-8-11(10)14-7-9-3-1-2-4-9/h5-6,8-9,14H,1-4,7H2,(H,15,16).